The Labute approximate surface area is 92.9 Å². The molecular formula is C11H12N4O. The summed E-state index contributed by atoms with van der Waals surface area (Å²) in [5.41, 5.74) is 6.60. The molecule has 1 aromatic heterocycles. The van der Waals surface area contributed by atoms with Crippen LogP contribution in [-0.2, 0) is 7.05 Å². The Morgan fingerprint density at radius 3 is 2.81 bits per heavy atom. The van der Waals surface area contributed by atoms with E-state index < -0.39 is 0 Å². The Morgan fingerprint density at radius 1 is 1.44 bits per heavy atom. The maximum Gasteiger partial charge on any atom is 0.260 e. The number of nitrogen functional groups attached to an aromatic ring is 1. The van der Waals surface area contributed by atoms with Crippen LogP contribution in [0.4, 0.5) is 11.6 Å². The third-order valence-corrected chi connectivity index (χ3v) is 2.25. The molecular weight excluding hydrogens is 204 g/mol. The number of nitrogens with two attached hydrogens (primary N) is 1. The molecule has 0 aliphatic carbocycles. The van der Waals surface area contributed by atoms with E-state index in [4.69, 9.17) is 5.73 Å². The first-order valence-electron chi connectivity index (χ1n) is 4.81. The average molecular weight is 216 g/mol. The third kappa shape index (κ3) is 1.88. The van der Waals surface area contributed by atoms with E-state index in [9.17, 15) is 4.79 Å². The minimum atomic E-state index is -0.257. The molecule has 0 aliphatic rings. The lowest BCUT2D eigenvalue weighted by atomic mass is 10.2. The smallest absolute Gasteiger partial charge is 0.260 e. The van der Waals surface area contributed by atoms with Crippen molar-refractivity contribution in [2.24, 2.45) is 7.05 Å². The highest BCUT2D eigenvalue weighted by Crippen LogP contribution is 2.12. The lowest BCUT2D eigenvalue weighted by Crippen LogP contribution is -2.16. The third-order valence-electron chi connectivity index (χ3n) is 2.25. The largest absolute Gasteiger partial charge is 0.398 e. The van der Waals surface area contributed by atoms with Gasteiger partial charge in [-0.3, -0.25) is 10.1 Å². The lowest BCUT2D eigenvalue weighted by molar-refractivity contribution is 0.102. The number of anilines is 2. The number of imidazole rings is 1. The number of benzene rings is 1. The van der Waals surface area contributed by atoms with E-state index in [0.717, 1.165) is 0 Å². The zero-order chi connectivity index (χ0) is 11.5. The molecule has 0 saturated carbocycles. The Hall–Kier alpha value is -2.30. The summed E-state index contributed by atoms with van der Waals surface area (Å²) < 4.78 is 1.72. The van der Waals surface area contributed by atoms with Crippen molar-refractivity contribution in [2.45, 2.75) is 0 Å². The minimum absolute atomic E-state index is 0.257. The van der Waals surface area contributed by atoms with Crippen LogP contribution in [0.15, 0.2) is 36.7 Å². The van der Waals surface area contributed by atoms with Gasteiger partial charge >= 0.3 is 0 Å². The first-order valence-corrected chi connectivity index (χ1v) is 4.81. The number of hydrogen-bond donors (Lipinski definition) is 2. The summed E-state index contributed by atoms with van der Waals surface area (Å²) in [6, 6.07) is 6.91. The van der Waals surface area contributed by atoms with E-state index in [1.54, 1.807) is 48.3 Å². The quantitative estimate of drug-likeness (QED) is 0.742. The van der Waals surface area contributed by atoms with E-state index in [1.807, 2.05) is 0 Å². The number of rotatable bonds is 2. The number of carbonyl (C=O) groups is 1. The second kappa shape index (κ2) is 4.06. The zero-order valence-corrected chi connectivity index (χ0v) is 8.84. The molecule has 0 atom stereocenters. The first-order chi connectivity index (χ1) is 7.68. The van der Waals surface area contributed by atoms with Crippen LogP contribution in [0.5, 0.6) is 0 Å². The summed E-state index contributed by atoms with van der Waals surface area (Å²) >= 11 is 0. The number of amides is 1. The van der Waals surface area contributed by atoms with Crippen molar-refractivity contribution in [2.75, 3.05) is 11.1 Å². The summed E-state index contributed by atoms with van der Waals surface area (Å²) in [7, 11) is 1.80. The van der Waals surface area contributed by atoms with E-state index >= 15 is 0 Å². The fourth-order valence-corrected chi connectivity index (χ4v) is 1.36. The molecule has 0 aliphatic heterocycles. The van der Waals surface area contributed by atoms with Crippen LogP contribution in [0, 0.1) is 0 Å². The summed E-state index contributed by atoms with van der Waals surface area (Å²) in [6.45, 7) is 0. The number of aromatic nitrogens is 2. The van der Waals surface area contributed by atoms with Crippen LogP contribution in [0.2, 0.25) is 0 Å². The van der Waals surface area contributed by atoms with Crippen LogP contribution in [0.3, 0.4) is 0 Å². The van der Waals surface area contributed by atoms with Gasteiger partial charge in [0, 0.05) is 25.1 Å². The highest BCUT2D eigenvalue weighted by Gasteiger charge is 2.10. The number of hydrogen-bond acceptors (Lipinski definition) is 3. The van der Waals surface area contributed by atoms with E-state index in [-0.39, 0.29) is 5.91 Å². The molecule has 5 nitrogen and oxygen atoms in total. The highest BCUT2D eigenvalue weighted by molar-refractivity contribution is 6.06. The zero-order valence-electron chi connectivity index (χ0n) is 8.84. The molecule has 0 fully saturated rings. The fraction of sp³-hybridized carbons (Fsp3) is 0.0909. The van der Waals surface area contributed by atoms with Gasteiger partial charge in [0.2, 0.25) is 5.95 Å². The van der Waals surface area contributed by atoms with Gasteiger partial charge in [-0.1, -0.05) is 12.1 Å². The molecule has 0 spiro atoms. The Balaban J connectivity index is 2.22. The molecule has 3 N–H and O–H groups in total. The van der Waals surface area contributed by atoms with E-state index in [1.165, 1.54) is 0 Å². The molecule has 1 amide bonds. The lowest BCUT2D eigenvalue weighted by Gasteiger charge is -2.06. The van der Waals surface area contributed by atoms with Gasteiger partial charge in [0.25, 0.3) is 5.91 Å². The molecule has 82 valence electrons. The molecule has 0 saturated heterocycles. The number of carbonyl (C=O) groups excluding carboxylic acids is 1. The Kier molecular flexibility index (Phi) is 2.59. The van der Waals surface area contributed by atoms with E-state index in [0.29, 0.717) is 17.2 Å². The molecule has 1 heterocycles. The monoisotopic (exact) mass is 216 g/mol. The molecule has 0 radical (unpaired) electrons. The van der Waals surface area contributed by atoms with Gasteiger partial charge < -0.3 is 10.3 Å². The maximum atomic E-state index is 11.8. The van der Waals surface area contributed by atoms with Crippen LogP contribution in [0.25, 0.3) is 0 Å². The summed E-state index contributed by atoms with van der Waals surface area (Å²) in [4.78, 5) is 15.8. The molecule has 16 heavy (non-hydrogen) atoms. The highest BCUT2D eigenvalue weighted by atomic mass is 16.1. The van der Waals surface area contributed by atoms with Gasteiger partial charge in [0.05, 0.1) is 5.56 Å². The van der Waals surface area contributed by atoms with Crippen LogP contribution in [0.1, 0.15) is 10.4 Å². The van der Waals surface area contributed by atoms with Gasteiger partial charge in [-0.15, -0.1) is 0 Å². The van der Waals surface area contributed by atoms with Gasteiger partial charge in [0.1, 0.15) is 0 Å². The number of nitrogens with one attached hydrogen (secondary N) is 1. The van der Waals surface area contributed by atoms with Crippen LogP contribution < -0.4 is 11.1 Å². The van der Waals surface area contributed by atoms with Crippen molar-refractivity contribution in [1.82, 2.24) is 9.55 Å². The minimum Gasteiger partial charge on any atom is -0.398 e. The van der Waals surface area contributed by atoms with Crippen molar-refractivity contribution in [3.63, 3.8) is 0 Å². The second-order valence-electron chi connectivity index (χ2n) is 3.40. The van der Waals surface area contributed by atoms with Crippen LogP contribution >= 0.6 is 0 Å². The molecule has 2 rings (SSSR count). The number of para-hydroxylation sites is 1. The number of aryl methyl sites for hydroxylation is 1. The second-order valence-corrected chi connectivity index (χ2v) is 3.40. The molecule has 1 aromatic carbocycles. The predicted octanol–water partition coefficient (Wildman–Crippen LogP) is 1.25. The predicted molar refractivity (Wildman–Crippen MR) is 62.0 cm³/mol. The van der Waals surface area contributed by atoms with Crippen LogP contribution in [-0.4, -0.2) is 15.5 Å². The van der Waals surface area contributed by atoms with Crippen molar-refractivity contribution in [3.05, 3.63) is 42.2 Å². The van der Waals surface area contributed by atoms with Crippen molar-refractivity contribution in [1.29, 1.82) is 0 Å². The van der Waals surface area contributed by atoms with Gasteiger partial charge in [-0.25, -0.2) is 4.98 Å². The topological polar surface area (TPSA) is 72.9 Å². The van der Waals surface area contributed by atoms with Crippen molar-refractivity contribution >= 4 is 17.5 Å². The molecule has 0 bridgehead atoms. The summed E-state index contributed by atoms with van der Waals surface area (Å²) in [5, 5.41) is 2.68. The van der Waals surface area contributed by atoms with Gasteiger partial charge in [0.15, 0.2) is 0 Å². The summed E-state index contributed by atoms with van der Waals surface area (Å²) in [6.07, 6.45) is 3.37. The normalized spacial score (nSPS) is 10.1. The van der Waals surface area contributed by atoms with E-state index in [2.05, 4.69) is 10.3 Å². The molecule has 5 heteroatoms. The SMILES string of the molecule is Cn1ccnc1NC(=O)c1ccccc1N. The Bertz CT molecular complexity index is 518. The first kappa shape index (κ1) is 10.2. The standard InChI is InChI=1S/C11H12N4O/c1-15-7-6-13-11(15)14-10(16)8-4-2-3-5-9(8)12/h2-7H,12H2,1H3,(H,13,14,16). The maximum absolute atomic E-state index is 11.8. The van der Waals surface area contributed by atoms with Gasteiger partial charge in [-0.2, -0.15) is 0 Å². The van der Waals surface area contributed by atoms with Crippen molar-refractivity contribution < 1.29 is 4.79 Å². The number of nitrogens with zero attached hydrogens (tertiary/aromatic N) is 2. The molecule has 2 aromatic rings. The Morgan fingerprint density at radius 2 is 2.19 bits per heavy atom. The van der Waals surface area contributed by atoms with Gasteiger partial charge in [-0.05, 0) is 12.1 Å². The summed E-state index contributed by atoms with van der Waals surface area (Å²) in [5.74, 6) is 0.237. The molecule has 0 unspecified atom stereocenters. The fourth-order valence-electron chi connectivity index (χ4n) is 1.36. The van der Waals surface area contributed by atoms with Crippen molar-refractivity contribution in [3.8, 4) is 0 Å². The average Bonchev–Trinajstić information content (AvgIpc) is 2.65.